The number of thiazole rings is 1. The first-order valence-corrected chi connectivity index (χ1v) is 9.59. The molecule has 1 aromatic carbocycles. The van der Waals surface area contributed by atoms with Gasteiger partial charge in [0.15, 0.2) is 5.13 Å². The fourth-order valence-corrected chi connectivity index (χ4v) is 4.47. The molecule has 1 amide bonds. The lowest BCUT2D eigenvalue weighted by Crippen LogP contribution is -2.14. The third-order valence-corrected chi connectivity index (χ3v) is 5.75. The maximum absolute atomic E-state index is 12.0. The molecular formula is C17H20N2OS2. The molecule has 2 aromatic rings. The molecule has 0 atom stereocenters. The van der Waals surface area contributed by atoms with E-state index in [1.54, 1.807) is 23.1 Å². The summed E-state index contributed by atoms with van der Waals surface area (Å²) in [5, 5.41) is 3.72. The fourth-order valence-electron chi connectivity index (χ4n) is 2.62. The van der Waals surface area contributed by atoms with Crippen LogP contribution in [0.25, 0.3) is 0 Å². The first kappa shape index (κ1) is 15.6. The Hall–Kier alpha value is -1.33. The zero-order valence-corrected chi connectivity index (χ0v) is 14.4. The van der Waals surface area contributed by atoms with Gasteiger partial charge in [0.05, 0.1) is 11.4 Å². The summed E-state index contributed by atoms with van der Waals surface area (Å²) in [6.07, 6.45) is 4.64. The highest BCUT2D eigenvalue weighted by molar-refractivity contribution is 7.99. The van der Waals surface area contributed by atoms with Crippen molar-refractivity contribution in [2.45, 2.75) is 38.4 Å². The summed E-state index contributed by atoms with van der Waals surface area (Å²) in [6, 6.07) is 8.42. The van der Waals surface area contributed by atoms with Crippen molar-refractivity contribution in [1.82, 2.24) is 4.98 Å². The second kappa shape index (κ2) is 7.29. The zero-order valence-electron chi connectivity index (χ0n) is 12.7. The van der Waals surface area contributed by atoms with Crippen LogP contribution in [-0.4, -0.2) is 16.6 Å². The van der Waals surface area contributed by atoms with Crippen molar-refractivity contribution in [3.63, 3.8) is 0 Å². The number of benzene rings is 1. The van der Waals surface area contributed by atoms with Gasteiger partial charge < -0.3 is 5.32 Å². The molecule has 0 saturated heterocycles. The number of aryl methyl sites for hydroxylation is 3. The van der Waals surface area contributed by atoms with Gasteiger partial charge in [0, 0.05) is 10.6 Å². The molecule has 5 heteroatoms. The number of hydrogen-bond donors (Lipinski definition) is 1. The Morgan fingerprint density at radius 3 is 3.05 bits per heavy atom. The van der Waals surface area contributed by atoms with Gasteiger partial charge in [0.1, 0.15) is 0 Å². The number of carbonyl (C=O) groups is 1. The fraction of sp³-hybridized carbons (Fsp3) is 0.412. The van der Waals surface area contributed by atoms with Gasteiger partial charge in [-0.2, -0.15) is 0 Å². The normalized spacial score (nSPS) is 13.7. The molecule has 1 aliphatic rings. The molecule has 1 N–H and O–H groups in total. The predicted octanol–water partition coefficient (Wildman–Crippen LogP) is 4.20. The Balaban J connectivity index is 1.47. The van der Waals surface area contributed by atoms with Crippen molar-refractivity contribution in [1.29, 1.82) is 0 Å². The van der Waals surface area contributed by atoms with Crippen molar-refractivity contribution in [2.75, 3.05) is 11.1 Å². The lowest BCUT2D eigenvalue weighted by molar-refractivity contribution is -0.113. The van der Waals surface area contributed by atoms with Crippen LogP contribution in [0.15, 0.2) is 24.3 Å². The minimum absolute atomic E-state index is 0.0451. The third-order valence-electron chi connectivity index (χ3n) is 3.68. The quantitative estimate of drug-likeness (QED) is 0.892. The monoisotopic (exact) mass is 332 g/mol. The smallest absolute Gasteiger partial charge is 0.236 e. The van der Waals surface area contributed by atoms with Crippen LogP contribution in [0.5, 0.6) is 0 Å². The molecule has 1 aliphatic carbocycles. The van der Waals surface area contributed by atoms with E-state index < -0.39 is 0 Å². The number of thioether (sulfide) groups is 1. The summed E-state index contributed by atoms with van der Waals surface area (Å²) >= 11 is 3.29. The van der Waals surface area contributed by atoms with E-state index in [0.29, 0.717) is 5.75 Å². The minimum atomic E-state index is 0.0451. The van der Waals surface area contributed by atoms with E-state index in [9.17, 15) is 4.79 Å². The molecule has 0 radical (unpaired) electrons. The summed E-state index contributed by atoms with van der Waals surface area (Å²) < 4.78 is 0. The van der Waals surface area contributed by atoms with Gasteiger partial charge in [-0.25, -0.2) is 4.98 Å². The Bertz CT molecular complexity index is 643. The number of amides is 1. The van der Waals surface area contributed by atoms with Gasteiger partial charge in [-0.15, -0.1) is 23.1 Å². The average Bonchev–Trinajstić information content (AvgIpc) is 2.89. The average molecular weight is 332 g/mol. The zero-order chi connectivity index (χ0) is 15.4. The van der Waals surface area contributed by atoms with Gasteiger partial charge >= 0.3 is 0 Å². The highest BCUT2D eigenvalue weighted by atomic mass is 32.2. The molecule has 3 rings (SSSR count). The van der Waals surface area contributed by atoms with Gasteiger partial charge in [-0.05, 0) is 38.2 Å². The van der Waals surface area contributed by atoms with E-state index >= 15 is 0 Å². The molecular weight excluding hydrogens is 312 g/mol. The van der Waals surface area contributed by atoms with Crippen LogP contribution in [0.3, 0.4) is 0 Å². The number of carbonyl (C=O) groups excluding carboxylic acids is 1. The number of hydrogen-bond acceptors (Lipinski definition) is 4. The standard InChI is InChI=1S/C17H20N2OS2/c1-12-5-4-6-13(9-12)10-21-11-16(20)19-17-18-14-7-2-3-8-15(14)22-17/h4-6,9H,2-3,7-8,10-11H2,1H3,(H,18,19,20). The van der Waals surface area contributed by atoms with Crippen LogP contribution in [0.2, 0.25) is 0 Å². The first-order chi connectivity index (χ1) is 10.7. The first-order valence-electron chi connectivity index (χ1n) is 7.62. The summed E-state index contributed by atoms with van der Waals surface area (Å²) in [7, 11) is 0. The number of nitrogens with one attached hydrogen (secondary N) is 1. The third kappa shape index (κ3) is 4.11. The molecule has 0 aliphatic heterocycles. The van der Waals surface area contributed by atoms with Crippen molar-refractivity contribution in [3.05, 3.63) is 46.0 Å². The number of anilines is 1. The lowest BCUT2D eigenvalue weighted by atomic mass is 10.0. The number of rotatable bonds is 5. The van der Waals surface area contributed by atoms with Crippen molar-refractivity contribution >= 4 is 34.1 Å². The molecule has 1 heterocycles. The van der Waals surface area contributed by atoms with Gasteiger partial charge in [-0.1, -0.05) is 29.8 Å². The molecule has 1 aromatic heterocycles. The van der Waals surface area contributed by atoms with E-state index in [2.05, 4.69) is 41.5 Å². The second-order valence-corrected chi connectivity index (χ2v) is 7.70. The van der Waals surface area contributed by atoms with E-state index in [1.165, 1.54) is 34.5 Å². The van der Waals surface area contributed by atoms with E-state index in [1.807, 2.05) is 0 Å². The minimum Gasteiger partial charge on any atom is -0.301 e. The molecule has 0 saturated carbocycles. The lowest BCUT2D eigenvalue weighted by Gasteiger charge is -2.06. The molecule has 3 nitrogen and oxygen atoms in total. The van der Waals surface area contributed by atoms with Crippen molar-refractivity contribution in [2.24, 2.45) is 0 Å². The topological polar surface area (TPSA) is 42.0 Å². The Morgan fingerprint density at radius 2 is 2.23 bits per heavy atom. The molecule has 0 fully saturated rings. The Kier molecular flexibility index (Phi) is 5.16. The Labute approximate surface area is 139 Å². The predicted molar refractivity (Wildman–Crippen MR) is 94.7 cm³/mol. The SMILES string of the molecule is Cc1cccc(CSCC(=O)Nc2nc3c(s2)CCCC3)c1. The molecule has 0 unspecified atom stereocenters. The molecule has 22 heavy (non-hydrogen) atoms. The highest BCUT2D eigenvalue weighted by Gasteiger charge is 2.16. The van der Waals surface area contributed by atoms with Crippen LogP contribution in [0.1, 0.15) is 34.5 Å². The largest absolute Gasteiger partial charge is 0.301 e. The summed E-state index contributed by atoms with van der Waals surface area (Å²) in [4.78, 5) is 17.9. The summed E-state index contributed by atoms with van der Waals surface area (Å²) in [6.45, 7) is 2.09. The van der Waals surface area contributed by atoms with Gasteiger partial charge in [0.2, 0.25) is 5.91 Å². The molecule has 0 spiro atoms. The maximum atomic E-state index is 12.0. The highest BCUT2D eigenvalue weighted by Crippen LogP contribution is 2.29. The number of fused-ring (bicyclic) bond motifs is 1. The van der Waals surface area contributed by atoms with E-state index in [0.717, 1.165) is 23.7 Å². The summed E-state index contributed by atoms with van der Waals surface area (Å²) in [5.74, 6) is 1.38. The maximum Gasteiger partial charge on any atom is 0.236 e. The van der Waals surface area contributed by atoms with Crippen LogP contribution in [0.4, 0.5) is 5.13 Å². The number of aromatic nitrogens is 1. The number of nitrogens with zero attached hydrogens (tertiary/aromatic N) is 1. The van der Waals surface area contributed by atoms with Crippen molar-refractivity contribution in [3.8, 4) is 0 Å². The van der Waals surface area contributed by atoms with Crippen LogP contribution >= 0.6 is 23.1 Å². The summed E-state index contributed by atoms with van der Waals surface area (Å²) in [5.41, 5.74) is 3.72. The molecule has 0 bridgehead atoms. The van der Waals surface area contributed by atoms with E-state index in [-0.39, 0.29) is 5.91 Å². The van der Waals surface area contributed by atoms with Gasteiger partial charge in [-0.3, -0.25) is 4.79 Å². The van der Waals surface area contributed by atoms with Crippen LogP contribution in [0, 0.1) is 6.92 Å². The molecule has 116 valence electrons. The van der Waals surface area contributed by atoms with E-state index in [4.69, 9.17) is 0 Å². The van der Waals surface area contributed by atoms with Crippen LogP contribution in [-0.2, 0) is 23.4 Å². The van der Waals surface area contributed by atoms with Gasteiger partial charge in [0.25, 0.3) is 0 Å². The Morgan fingerprint density at radius 1 is 1.36 bits per heavy atom. The van der Waals surface area contributed by atoms with Crippen molar-refractivity contribution < 1.29 is 4.79 Å². The van der Waals surface area contributed by atoms with Crippen LogP contribution < -0.4 is 5.32 Å². The second-order valence-electron chi connectivity index (χ2n) is 5.63.